The Kier molecular flexibility index (Phi) is 1.75. The zero-order chi connectivity index (χ0) is 10.3. The number of esters is 1. The van der Waals surface area contributed by atoms with Gasteiger partial charge in [-0.25, -0.2) is 4.79 Å². The van der Waals surface area contributed by atoms with Crippen LogP contribution in [0.25, 0.3) is 5.57 Å². The Bertz CT molecular complexity index is 481. The average molecular weight is 198 g/mol. The summed E-state index contributed by atoms with van der Waals surface area (Å²) in [6, 6.07) is 9.72. The van der Waals surface area contributed by atoms with Gasteiger partial charge in [-0.05, 0) is 24.5 Å². The van der Waals surface area contributed by atoms with Crippen LogP contribution in [0, 0.1) is 0 Å². The minimum atomic E-state index is -0.206. The van der Waals surface area contributed by atoms with Crippen molar-refractivity contribution >= 4 is 11.5 Å². The third-order valence-corrected chi connectivity index (χ3v) is 2.79. The van der Waals surface area contributed by atoms with Crippen molar-refractivity contribution in [2.24, 2.45) is 0 Å². The smallest absolute Gasteiger partial charge is 0.344 e. The summed E-state index contributed by atoms with van der Waals surface area (Å²) in [7, 11) is 0. The van der Waals surface area contributed by atoms with E-state index in [1.807, 2.05) is 36.4 Å². The summed E-state index contributed by atoms with van der Waals surface area (Å²) in [5.41, 5.74) is 2.79. The predicted molar refractivity (Wildman–Crippen MR) is 56.8 cm³/mol. The van der Waals surface area contributed by atoms with Gasteiger partial charge in [-0.1, -0.05) is 30.3 Å². The first-order chi connectivity index (χ1) is 7.36. The number of benzene rings is 1. The van der Waals surface area contributed by atoms with Crippen molar-refractivity contribution in [1.29, 1.82) is 0 Å². The topological polar surface area (TPSA) is 26.3 Å². The minimum absolute atomic E-state index is 0.206. The molecule has 2 heteroatoms. The molecular formula is C13H10O2. The Labute approximate surface area is 87.9 Å². The Hall–Kier alpha value is -1.83. The van der Waals surface area contributed by atoms with Gasteiger partial charge < -0.3 is 4.74 Å². The van der Waals surface area contributed by atoms with E-state index < -0.39 is 0 Å². The molecule has 0 saturated heterocycles. The normalized spacial score (nSPS) is 18.9. The Balaban J connectivity index is 2.16. The van der Waals surface area contributed by atoms with Gasteiger partial charge in [-0.3, -0.25) is 0 Å². The zero-order valence-electron chi connectivity index (χ0n) is 8.19. The molecule has 1 aliphatic heterocycles. The minimum Gasteiger partial charge on any atom is -0.423 e. The molecule has 0 radical (unpaired) electrons. The fourth-order valence-electron chi connectivity index (χ4n) is 2.12. The maximum atomic E-state index is 11.7. The van der Waals surface area contributed by atoms with Gasteiger partial charge in [0.05, 0.1) is 5.57 Å². The summed E-state index contributed by atoms with van der Waals surface area (Å²) >= 11 is 0. The number of carbonyl (C=O) groups is 1. The molecule has 1 aromatic rings. The number of hydrogen-bond acceptors (Lipinski definition) is 2. The molecular weight excluding hydrogens is 188 g/mol. The molecule has 2 aliphatic rings. The molecule has 0 N–H and O–H groups in total. The monoisotopic (exact) mass is 198 g/mol. The maximum absolute atomic E-state index is 11.7. The third-order valence-electron chi connectivity index (χ3n) is 2.79. The van der Waals surface area contributed by atoms with E-state index in [1.54, 1.807) is 0 Å². The highest BCUT2D eigenvalue weighted by molar-refractivity contribution is 6.21. The van der Waals surface area contributed by atoms with Crippen LogP contribution in [0.3, 0.4) is 0 Å². The van der Waals surface area contributed by atoms with E-state index in [-0.39, 0.29) is 5.97 Å². The van der Waals surface area contributed by atoms with Crippen LogP contribution in [-0.2, 0) is 9.53 Å². The summed E-state index contributed by atoms with van der Waals surface area (Å²) in [6.45, 7) is 0. The second kappa shape index (κ2) is 3.09. The highest BCUT2D eigenvalue weighted by Gasteiger charge is 2.32. The lowest BCUT2D eigenvalue weighted by Gasteiger charge is -2.00. The van der Waals surface area contributed by atoms with Crippen LogP contribution in [0.15, 0.2) is 47.7 Å². The van der Waals surface area contributed by atoms with Crippen molar-refractivity contribution in [2.45, 2.75) is 12.8 Å². The van der Waals surface area contributed by atoms with Gasteiger partial charge in [-0.2, -0.15) is 0 Å². The summed E-state index contributed by atoms with van der Waals surface area (Å²) in [5.74, 6) is 0.570. The first-order valence-corrected chi connectivity index (χ1v) is 5.07. The van der Waals surface area contributed by atoms with Crippen LogP contribution in [0.4, 0.5) is 0 Å². The molecule has 0 amide bonds. The Morgan fingerprint density at radius 3 is 2.73 bits per heavy atom. The summed E-state index contributed by atoms with van der Waals surface area (Å²) in [4.78, 5) is 11.7. The molecule has 1 aliphatic carbocycles. The molecule has 0 atom stereocenters. The van der Waals surface area contributed by atoms with Gasteiger partial charge in [0.25, 0.3) is 0 Å². The van der Waals surface area contributed by atoms with Crippen LogP contribution in [0.2, 0.25) is 0 Å². The van der Waals surface area contributed by atoms with Crippen molar-refractivity contribution in [3.05, 3.63) is 53.3 Å². The van der Waals surface area contributed by atoms with E-state index in [1.165, 1.54) is 0 Å². The fraction of sp³-hybridized carbons (Fsp3) is 0.154. The van der Waals surface area contributed by atoms with E-state index in [4.69, 9.17) is 4.74 Å². The van der Waals surface area contributed by atoms with Gasteiger partial charge in [0.1, 0.15) is 5.76 Å². The van der Waals surface area contributed by atoms with E-state index in [9.17, 15) is 4.79 Å². The Morgan fingerprint density at radius 1 is 1.13 bits per heavy atom. The Morgan fingerprint density at radius 2 is 1.93 bits per heavy atom. The SMILES string of the molecule is O=C1OC2=CCCC2=C1c1ccccc1. The van der Waals surface area contributed by atoms with E-state index >= 15 is 0 Å². The summed E-state index contributed by atoms with van der Waals surface area (Å²) < 4.78 is 5.20. The van der Waals surface area contributed by atoms with Crippen molar-refractivity contribution in [1.82, 2.24) is 0 Å². The zero-order valence-corrected chi connectivity index (χ0v) is 8.19. The first kappa shape index (κ1) is 8.48. The molecule has 0 bridgehead atoms. The van der Waals surface area contributed by atoms with Crippen LogP contribution >= 0.6 is 0 Å². The molecule has 0 unspecified atom stereocenters. The molecule has 2 nitrogen and oxygen atoms in total. The summed E-state index contributed by atoms with van der Waals surface area (Å²) in [6.07, 6.45) is 3.89. The van der Waals surface area contributed by atoms with Gasteiger partial charge in [0.2, 0.25) is 0 Å². The largest absolute Gasteiger partial charge is 0.423 e. The van der Waals surface area contributed by atoms with Crippen molar-refractivity contribution in [3.63, 3.8) is 0 Å². The number of allylic oxidation sites excluding steroid dienone is 2. The van der Waals surface area contributed by atoms with E-state index in [0.717, 1.165) is 35.3 Å². The number of fused-ring (bicyclic) bond motifs is 1. The van der Waals surface area contributed by atoms with Crippen LogP contribution in [0.1, 0.15) is 18.4 Å². The van der Waals surface area contributed by atoms with Crippen molar-refractivity contribution in [2.75, 3.05) is 0 Å². The molecule has 15 heavy (non-hydrogen) atoms. The van der Waals surface area contributed by atoms with Crippen LogP contribution < -0.4 is 0 Å². The van der Waals surface area contributed by atoms with Gasteiger partial charge in [0.15, 0.2) is 0 Å². The highest BCUT2D eigenvalue weighted by Crippen LogP contribution is 2.39. The lowest BCUT2D eigenvalue weighted by molar-refractivity contribution is -0.131. The second-order valence-corrected chi connectivity index (χ2v) is 3.72. The molecule has 0 spiro atoms. The lowest BCUT2D eigenvalue weighted by Crippen LogP contribution is -1.98. The average Bonchev–Trinajstić information content (AvgIpc) is 2.78. The molecule has 3 rings (SSSR count). The van der Waals surface area contributed by atoms with E-state index in [2.05, 4.69) is 0 Å². The molecule has 0 saturated carbocycles. The number of carbonyl (C=O) groups excluding carboxylic acids is 1. The quantitative estimate of drug-likeness (QED) is 0.648. The third kappa shape index (κ3) is 1.22. The van der Waals surface area contributed by atoms with Crippen molar-refractivity contribution < 1.29 is 9.53 Å². The number of hydrogen-bond donors (Lipinski definition) is 0. The van der Waals surface area contributed by atoms with Crippen molar-refractivity contribution in [3.8, 4) is 0 Å². The van der Waals surface area contributed by atoms with Gasteiger partial charge in [0, 0.05) is 5.57 Å². The number of ether oxygens (including phenoxy) is 1. The van der Waals surface area contributed by atoms with Crippen LogP contribution in [-0.4, -0.2) is 5.97 Å². The molecule has 1 aromatic carbocycles. The van der Waals surface area contributed by atoms with Gasteiger partial charge in [-0.15, -0.1) is 0 Å². The molecule has 0 fully saturated rings. The second-order valence-electron chi connectivity index (χ2n) is 3.72. The van der Waals surface area contributed by atoms with Gasteiger partial charge >= 0.3 is 5.97 Å². The van der Waals surface area contributed by atoms with Crippen LogP contribution in [0.5, 0.6) is 0 Å². The molecule has 0 aromatic heterocycles. The molecule has 74 valence electrons. The molecule has 1 heterocycles. The van der Waals surface area contributed by atoms with E-state index in [0.29, 0.717) is 0 Å². The lowest BCUT2D eigenvalue weighted by atomic mass is 10.0. The fourth-order valence-corrected chi connectivity index (χ4v) is 2.12. The standard InChI is InChI=1S/C13H10O2/c14-13-12(9-5-2-1-3-6-9)10-7-4-8-11(10)15-13/h1-3,5-6,8H,4,7H2. The predicted octanol–water partition coefficient (Wildman–Crippen LogP) is 2.67. The first-order valence-electron chi connectivity index (χ1n) is 5.07. The maximum Gasteiger partial charge on any atom is 0.344 e. The highest BCUT2D eigenvalue weighted by atomic mass is 16.5. The number of rotatable bonds is 1. The summed E-state index contributed by atoms with van der Waals surface area (Å²) in [5, 5.41) is 0.